The molecule has 1 atom stereocenters. The Hall–Kier alpha value is -2.89. The van der Waals surface area contributed by atoms with E-state index < -0.39 is 18.0 Å². The van der Waals surface area contributed by atoms with Gasteiger partial charge in [0.05, 0.1) is 11.6 Å². The average Bonchev–Trinajstić information content (AvgIpc) is 3.11. The molecule has 1 saturated heterocycles. The van der Waals surface area contributed by atoms with Gasteiger partial charge < -0.3 is 15.0 Å². The minimum atomic E-state index is -4.59. The molecule has 0 saturated carbocycles. The van der Waals surface area contributed by atoms with E-state index in [0.29, 0.717) is 42.5 Å². The lowest BCUT2D eigenvalue weighted by Crippen LogP contribution is -2.28. The molecule has 0 bridgehead atoms. The van der Waals surface area contributed by atoms with Gasteiger partial charge in [-0.2, -0.15) is 18.4 Å². The first-order valence-corrected chi connectivity index (χ1v) is 9.54. The summed E-state index contributed by atoms with van der Waals surface area (Å²) in [5.41, 5.74) is 6.75. The Labute approximate surface area is 170 Å². The molecular weight excluding hydrogens is 398 g/mol. The topological polar surface area (TPSA) is 64.0 Å². The van der Waals surface area contributed by atoms with Crippen molar-refractivity contribution in [1.82, 2.24) is 4.57 Å². The quantitative estimate of drug-likeness (QED) is 0.594. The van der Waals surface area contributed by atoms with E-state index in [4.69, 9.17) is 10.5 Å². The fraction of sp³-hybridized carbons (Fsp3) is 0.318. The van der Waals surface area contributed by atoms with Gasteiger partial charge in [0, 0.05) is 47.5 Å². The fourth-order valence-corrected chi connectivity index (χ4v) is 4.03. The van der Waals surface area contributed by atoms with Crippen molar-refractivity contribution in [2.45, 2.75) is 31.1 Å². The highest BCUT2D eigenvalue weighted by atomic mass is 19.4. The van der Waals surface area contributed by atoms with Crippen molar-refractivity contribution in [2.75, 3.05) is 13.2 Å². The minimum Gasteiger partial charge on any atom is -0.381 e. The van der Waals surface area contributed by atoms with Gasteiger partial charge in [-0.3, -0.25) is 0 Å². The maximum absolute atomic E-state index is 14.5. The molecule has 2 aromatic carbocycles. The van der Waals surface area contributed by atoms with Gasteiger partial charge >= 0.3 is 6.18 Å². The molecule has 3 aromatic rings. The highest BCUT2D eigenvalue weighted by Gasteiger charge is 2.40. The maximum atomic E-state index is 14.5. The molecule has 2 N–H and O–H groups in total. The molecule has 8 heteroatoms. The van der Waals surface area contributed by atoms with Crippen molar-refractivity contribution in [2.24, 2.45) is 5.73 Å². The minimum absolute atomic E-state index is 0.0235. The molecule has 0 unspecified atom stereocenters. The van der Waals surface area contributed by atoms with Gasteiger partial charge in [0.25, 0.3) is 0 Å². The molecule has 1 fully saturated rings. The zero-order valence-corrected chi connectivity index (χ0v) is 15.9. The number of aromatic nitrogens is 1. The Kier molecular flexibility index (Phi) is 5.26. The molecule has 4 nitrogen and oxygen atoms in total. The predicted octanol–water partition coefficient (Wildman–Crippen LogP) is 5.23. The van der Waals surface area contributed by atoms with Crippen molar-refractivity contribution in [1.29, 1.82) is 5.26 Å². The highest BCUT2D eigenvalue weighted by Crippen LogP contribution is 2.39. The Morgan fingerprint density at radius 3 is 2.57 bits per heavy atom. The number of hydrogen-bond donors (Lipinski definition) is 1. The lowest BCUT2D eigenvalue weighted by atomic mass is 9.97. The number of hydrogen-bond acceptors (Lipinski definition) is 3. The molecule has 156 valence electrons. The van der Waals surface area contributed by atoms with Crippen molar-refractivity contribution in [3.05, 3.63) is 59.5 Å². The van der Waals surface area contributed by atoms with Crippen LogP contribution in [0.2, 0.25) is 0 Å². The van der Waals surface area contributed by atoms with Crippen LogP contribution >= 0.6 is 0 Å². The first-order valence-electron chi connectivity index (χ1n) is 9.54. The van der Waals surface area contributed by atoms with Gasteiger partial charge in [-0.05, 0) is 36.6 Å². The summed E-state index contributed by atoms with van der Waals surface area (Å²) in [5.74, 6) is -0.565. The maximum Gasteiger partial charge on any atom is 0.407 e. The molecule has 0 radical (unpaired) electrons. The highest BCUT2D eigenvalue weighted by molar-refractivity contribution is 5.90. The zero-order valence-electron chi connectivity index (χ0n) is 15.9. The van der Waals surface area contributed by atoms with E-state index in [1.807, 2.05) is 6.07 Å². The number of nitrogens with zero attached hydrogens (tertiary/aromatic N) is 2. The number of nitriles is 1. The van der Waals surface area contributed by atoms with Crippen molar-refractivity contribution in [3.8, 4) is 17.2 Å². The van der Waals surface area contributed by atoms with E-state index in [9.17, 15) is 22.8 Å². The number of ether oxygens (including phenoxy) is 1. The first kappa shape index (κ1) is 20.4. The summed E-state index contributed by atoms with van der Waals surface area (Å²) in [6, 6.07) is 8.68. The van der Waals surface area contributed by atoms with Crippen LogP contribution in [0.15, 0.2) is 42.6 Å². The standard InChI is InChI=1S/C22H19F4N3O/c23-18-3-1-2-14(11-27)20(18)13-4-5-16-17(21(28)22(24,25)26)12-29(19(16)10-13)15-6-8-30-9-7-15/h1-5,10,12,15,21H,6-9,28H2/t21-/m0/s1. The summed E-state index contributed by atoms with van der Waals surface area (Å²) in [7, 11) is 0. The van der Waals surface area contributed by atoms with Gasteiger partial charge in [-0.15, -0.1) is 0 Å². The largest absolute Gasteiger partial charge is 0.407 e. The number of benzene rings is 2. The first-order chi connectivity index (χ1) is 14.3. The molecule has 0 amide bonds. The molecule has 1 aliphatic heterocycles. The van der Waals surface area contributed by atoms with Crippen LogP contribution in [-0.4, -0.2) is 24.0 Å². The van der Waals surface area contributed by atoms with Gasteiger partial charge in [-0.1, -0.05) is 18.2 Å². The smallest absolute Gasteiger partial charge is 0.381 e. The van der Waals surface area contributed by atoms with Gasteiger partial charge in [0.2, 0.25) is 0 Å². The number of halogens is 4. The summed E-state index contributed by atoms with van der Waals surface area (Å²) in [6.07, 6.45) is -1.84. The van der Waals surface area contributed by atoms with Crippen LogP contribution in [0.25, 0.3) is 22.0 Å². The van der Waals surface area contributed by atoms with E-state index in [1.54, 1.807) is 10.6 Å². The Morgan fingerprint density at radius 2 is 1.90 bits per heavy atom. The van der Waals surface area contributed by atoms with Crippen LogP contribution in [0.5, 0.6) is 0 Å². The Balaban J connectivity index is 1.93. The number of rotatable bonds is 3. The molecule has 2 heterocycles. The predicted molar refractivity (Wildman–Crippen MR) is 104 cm³/mol. The monoisotopic (exact) mass is 417 g/mol. The van der Waals surface area contributed by atoms with Crippen LogP contribution in [0.3, 0.4) is 0 Å². The summed E-state index contributed by atoms with van der Waals surface area (Å²) in [4.78, 5) is 0. The van der Waals surface area contributed by atoms with E-state index in [0.717, 1.165) is 0 Å². The van der Waals surface area contributed by atoms with E-state index in [1.165, 1.54) is 36.5 Å². The summed E-state index contributed by atoms with van der Waals surface area (Å²) in [5, 5.41) is 9.73. The van der Waals surface area contributed by atoms with E-state index in [-0.39, 0.29) is 22.7 Å². The van der Waals surface area contributed by atoms with Crippen LogP contribution in [0.4, 0.5) is 17.6 Å². The van der Waals surface area contributed by atoms with Crippen LogP contribution in [0.1, 0.15) is 36.1 Å². The summed E-state index contributed by atoms with van der Waals surface area (Å²) < 4.78 is 61.8. The summed E-state index contributed by atoms with van der Waals surface area (Å²) >= 11 is 0. The number of fused-ring (bicyclic) bond motifs is 1. The molecule has 0 spiro atoms. The SMILES string of the molecule is N#Cc1cccc(F)c1-c1ccc2c([C@H](N)C(F)(F)F)cn(C3CCOCC3)c2c1. The molecule has 1 aromatic heterocycles. The second kappa shape index (κ2) is 7.74. The van der Waals surface area contributed by atoms with Crippen molar-refractivity contribution < 1.29 is 22.3 Å². The molecule has 1 aliphatic rings. The van der Waals surface area contributed by atoms with Crippen molar-refractivity contribution >= 4 is 10.9 Å². The zero-order chi connectivity index (χ0) is 21.5. The fourth-order valence-electron chi connectivity index (χ4n) is 4.03. The van der Waals surface area contributed by atoms with Gasteiger partial charge in [0.15, 0.2) is 0 Å². The second-order valence-electron chi connectivity index (χ2n) is 7.36. The Morgan fingerprint density at radius 1 is 1.17 bits per heavy atom. The lowest BCUT2D eigenvalue weighted by molar-refractivity contribution is -0.148. The van der Waals surface area contributed by atoms with Gasteiger partial charge in [-0.25, -0.2) is 4.39 Å². The van der Waals surface area contributed by atoms with Crippen LogP contribution in [-0.2, 0) is 4.74 Å². The van der Waals surface area contributed by atoms with Crippen LogP contribution < -0.4 is 5.73 Å². The third-order valence-electron chi connectivity index (χ3n) is 5.56. The van der Waals surface area contributed by atoms with Crippen LogP contribution in [0, 0.1) is 17.1 Å². The average molecular weight is 417 g/mol. The Bertz CT molecular complexity index is 1120. The van der Waals surface area contributed by atoms with Crippen molar-refractivity contribution in [3.63, 3.8) is 0 Å². The molecule has 30 heavy (non-hydrogen) atoms. The third-order valence-corrected chi connectivity index (χ3v) is 5.56. The molecule has 0 aliphatic carbocycles. The second-order valence-corrected chi connectivity index (χ2v) is 7.36. The number of nitrogens with two attached hydrogens (primary N) is 1. The summed E-state index contributed by atoms with van der Waals surface area (Å²) in [6.45, 7) is 1.02. The lowest BCUT2D eigenvalue weighted by Gasteiger charge is -2.24. The number of alkyl halides is 3. The van der Waals surface area contributed by atoms with E-state index >= 15 is 0 Å². The normalized spacial score (nSPS) is 16.5. The molecular formula is C22H19F4N3O. The molecule has 4 rings (SSSR count). The van der Waals surface area contributed by atoms with Gasteiger partial charge in [0.1, 0.15) is 11.9 Å². The van der Waals surface area contributed by atoms with E-state index in [2.05, 4.69) is 0 Å². The third kappa shape index (κ3) is 3.55.